The lowest BCUT2D eigenvalue weighted by Gasteiger charge is -2.45. The number of nitrogens with one attached hydrogen (secondary N) is 6. The number of amides is 2. The molecule has 0 aromatic heterocycles. The van der Waals surface area contributed by atoms with Gasteiger partial charge in [-0.25, -0.2) is 0 Å². The molecule has 16 heteroatoms. The van der Waals surface area contributed by atoms with Crippen LogP contribution in [0, 0.1) is 17.8 Å². The Labute approximate surface area is 247 Å². The Bertz CT molecular complexity index is 943. The molecule has 0 aliphatic carbocycles. The molecule has 5 rings (SSSR count). The molecule has 0 saturated carbocycles. The van der Waals surface area contributed by atoms with Crippen LogP contribution < -0.4 is 31.9 Å². The minimum atomic E-state index is -4.50. The molecule has 2 amide bonds. The van der Waals surface area contributed by atoms with Crippen molar-refractivity contribution in [2.45, 2.75) is 78.7 Å². The molecule has 12 atom stereocenters. The number of ether oxygens (including phenoxy) is 2. The molecular weight excluding hydrogens is 587 g/mol. The molecule has 5 fully saturated rings. The van der Waals surface area contributed by atoms with E-state index in [0.29, 0.717) is 32.2 Å². The Balaban J connectivity index is 1.14. The van der Waals surface area contributed by atoms with Crippen molar-refractivity contribution in [1.82, 2.24) is 36.8 Å². The fourth-order valence-electron chi connectivity index (χ4n) is 7.02. The van der Waals surface area contributed by atoms with Crippen molar-refractivity contribution in [3.8, 4) is 0 Å². The minimum absolute atomic E-state index is 0.00942. The van der Waals surface area contributed by atoms with Crippen molar-refractivity contribution in [3.63, 3.8) is 0 Å². The topological polar surface area (TPSA) is 128 Å². The summed E-state index contributed by atoms with van der Waals surface area (Å²) in [6.07, 6.45) is -4.27. The standard InChI is InChI=1S/C25H41ClF3N7O4S/c1-11-4-12(13-5-19(26)31-8-17(13)39-2)14(6-30-11)21(37)35-24-34-16-9-36(10-18(16)41-24)23(38)15-7-32-20(25(27,28)29)22(33-15)40-3/h11-20,22,24,30-34H,4-10H2,1-3H3,(H,35,37). The maximum Gasteiger partial charge on any atom is 0.407 e. The number of halogens is 4. The summed E-state index contributed by atoms with van der Waals surface area (Å²) in [6, 6.07) is -2.45. The largest absolute Gasteiger partial charge is 0.407 e. The third-order valence-corrected chi connectivity index (χ3v) is 10.8. The third kappa shape index (κ3) is 6.93. The molecule has 5 saturated heterocycles. The minimum Gasteiger partial charge on any atom is -0.380 e. The molecule has 0 spiro atoms. The van der Waals surface area contributed by atoms with Crippen LogP contribution in [0.4, 0.5) is 13.2 Å². The molecule has 0 radical (unpaired) electrons. The molecule has 12 unspecified atom stereocenters. The van der Waals surface area contributed by atoms with Gasteiger partial charge in [-0.3, -0.25) is 25.5 Å². The van der Waals surface area contributed by atoms with Gasteiger partial charge in [0.1, 0.15) is 23.8 Å². The summed E-state index contributed by atoms with van der Waals surface area (Å²) in [5, 5.41) is 18.5. The number of piperazine rings is 1. The smallest absolute Gasteiger partial charge is 0.380 e. The fourth-order valence-corrected chi connectivity index (χ4v) is 8.72. The summed E-state index contributed by atoms with van der Waals surface area (Å²) in [4.78, 5) is 28.4. The van der Waals surface area contributed by atoms with Gasteiger partial charge in [0.15, 0.2) is 0 Å². The zero-order valence-electron chi connectivity index (χ0n) is 23.4. The van der Waals surface area contributed by atoms with Gasteiger partial charge in [-0.1, -0.05) is 0 Å². The first kappa shape index (κ1) is 31.5. The first-order valence-corrected chi connectivity index (χ1v) is 15.6. The van der Waals surface area contributed by atoms with E-state index in [4.69, 9.17) is 21.1 Å². The van der Waals surface area contributed by atoms with Crippen LogP contribution in [0.3, 0.4) is 0 Å². The van der Waals surface area contributed by atoms with Gasteiger partial charge in [0, 0.05) is 64.3 Å². The summed E-state index contributed by atoms with van der Waals surface area (Å²) in [6.45, 7) is 4.08. The number of hydrogen-bond donors (Lipinski definition) is 6. The first-order valence-electron chi connectivity index (χ1n) is 14.2. The van der Waals surface area contributed by atoms with Gasteiger partial charge in [0.25, 0.3) is 0 Å². The normalized spacial score (nSPS) is 43.5. The SMILES string of the molecule is COC1CNC(Cl)CC1C1CC(C)NCC1C(=O)NC1NC2CN(C(=O)C3CNC(C(F)(F)F)C(OC)N3)CC2S1. The van der Waals surface area contributed by atoms with Crippen LogP contribution in [0.5, 0.6) is 0 Å². The van der Waals surface area contributed by atoms with Crippen molar-refractivity contribution in [2.75, 3.05) is 46.9 Å². The molecule has 0 bridgehead atoms. The molecular formula is C25H41ClF3N7O4S. The van der Waals surface area contributed by atoms with E-state index in [0.717, 1.165) is 12.8 Å². The lowest BCUT2D eigenvalue weighted by atomic mass is 9.70. The van der Waals surface area contributed by atoms with Gasteiger partial charge in [0.2, 0.25) is 11.8 Å². The van der Waals surface area contributed by atoms with E-state index >= 15 is 0 Å². The second kappa shape index (κ2) is 13.0. The average Bonchev–Trinajstić information content (AvgIpc) is 3.50. The van der Waals surface area contributed by atoms with Crippen LogP contribution in [0.15, 0.2) is 0 Å². The number of alkyl halides is 4. The number of likely N-dealkylation sites (tertiary alicyclic amines) is 1. The lowest BCUT2D eigenvalue weighted by Crippen LogP contribution is -2.69. The summed E-state index contributed by atoms with van der Waals surface area (Å²) in [7, 11) is 2.89. The van der Waals surface area contributed by atoms with Gasteiger partial charge in [-0.2, -0.15) is 13.2 Å². The van der Waals surface area contributed by atoms with E-state index in [9.17, 15) is 22.8 Å². The molecule has 6 N–H and O–H groups in total. The number of rotatable bonds is 6. The molecule has 234 valence electrons. The van der Waals surface area contributed by atoms with Crippen LogP contribution in [-0.2, 0) is 19.1 Å². The lowest BCUT2D eigenvalue weighted by molar-refractivity contribution is -0.195. The van der Waals surface area contributed by atoms with Crippen molar-refractivity contribution < 1.29 is 32.2 Å². The van der Waals surface area contributed by atoms with Gasteiger partial charge < -0.3 is 30.3 Å². The maximum atomic E-state index is 13.6. The summed E-state index contributed by atoms with van der Waals surface area (Å²) in [5.74, 6) is -0.220. The van der Waals surface area contributed by atoms with Crippen molar-refractivity contribution in [2.24, 2.45) is 17.8 Å². The number of methoxy groups -OCH3 is 2. The number of fused-ring (bicyclic) bond motifs is 1. The van der Waals surface area contributed by atoms with Crippen LogP contribution in [0.25, 0.3) is 0 Å². The molecule has 5 heterocycles. The number of nitrogens with zero attached hydrogens (tertiary/aromatic N) is 1. The number of carbonyl (C=O) groups is 2. The zero-order chi connectivity index (χ0) is 29.5. The number of hydrogen-bond acceptors (Lipinski definition) is 10. The van der Waals surface area contributed by atoms with Gasteiger partial charge in [0.05, 0.1) is 17.5 Å². The highest BCUT2D eigenvalue weighted by atomic mass is 35.5. The highest BCUT2D eigenvalue weighted by Crippen LogP contribution is 2.38. The molecule has 41 heavy (non-hydrogen) atoms. The van der Waals surface area contributed by atoms with E-state index < -0.39 is 24.5 Å². The molecule has 0 aromatic carbocycles. The van der Waals surface area contributed by atoms with E-state index in [1.165, 1.54) is 7.11 Å². The predicted molar refractivity (Wildman–Crippen MR) is 148 cm³/mol. The average molecular weight is 628 g/mol. The van der Waals surface area contributed by atoms with Crippen molar-refractivity contribution >= 4 is 35.2 Å². The fraction of sp³-hybridized carbons (Fsp3) is 0.920. The number of piperidine rings is 2. The predicted octanol–water partition coefficient (Wildman–Crippen LogP) is -0.430. The molecule has 5 aliphatic rings. The molecule has 5 aliphatic heterocycles. The summed E-state index contributed by atoms with van der Waals surface area (Å²) < 4.78 is 50.5. The first-order chi connectivity index (χ1) is 19.5. The van der Waals surface area contributed by atoms with Crippen molar-refractivity contribution in [1.29, 1.82) is 0 Å². The van der Waals surface area contributed by atoms with Crippen molar-refractivity contribution in [3.05, 3.63) is 0 Å². The Morgan fingerprint density at radius 2 is 1.78 bits per heavy atom. The Morgan fingerprint density at radius 3 is 2.46 bits per heavy atom. The Morgan fingerprint density at radius 1 is 1.00 bits per heavy atom. The van der Waals surface area contributed by atoms with Crippen LogP contribution in [-0.4, -0.2) is 123 Å². The summed E-state index contributed by atoms with van der Waals surface area (Å²) >= 11 is 8.02. The Kier molecular flexibility index (Phi) is 9.98. The van der Waals surface area contributed by atoms with Gasteiger partial charge in [-0.15, -0.1) is 23.4 Å². The number of thioether (sulfide) groups is 1. The quantitative estimate of drug-likeness (QED) is 0.171. The Hall–Kier alpha value is -0.910. The molecule has 0 aromatic rings. The second-order valence-corrected chi connectivity index (χ2v) is 13.6. The van der Waals surface area contributed by atoms with E-state index in [2.05, 4.69) is 38.8 Å². The zero-order valence-corrected chi connectivity index (χ0v) is 25.0. The van der Waals surface area contributed by atoms with Gasteiger partial charge >= 0.3 is 6.18 Å². The summed E-state index contributed by atoms with van der Waals surface area (Å²) in [5.41, 5.74) is -0.440. The van der Waals surface area contributed by atoms with Crippen LogP contribution in [0.1, 0.15) is 19.8 Å². The van der Waals surface area contributed by atoms with Crippen LogP contribution >= 0.6 is 23.4 Å². The maximum absolute atomic E-state index is 13.6. The number of carbonyl (C=O) groups excluding carboxylic acids is 2. The van der Waals surface area contributed by atoms with E-state index in [-0.39, 0.29) is 64.5 Å². The highest BCUT2D eigenvalue weighted by Gasteiger charge is 2.51. The van der Waals surface area contributed by atoms with Crippen LogP contribution in [0.2, 0.25) is 0 Å². The van der Waals surface area contributed by atoms with E-state index in [1.54, 1.807) is 23.8 Å². The third-order valence-electron chi connectivity index (χ3n) is 9.16. The monoisotopic (exact) mass is 627 g/mol. The van der Waals surface area contributed by atoms with E-state index in [1.807, 2.05) is 0 Å². The van der Waals surface area contributed by atoms with Gasteiger partial charge in [-0.05, 0) is 31.6 Å². The second-order valence-electron chi connectivity index (χ2n) is 11.7. The highest BCUT2D eigenvalue weighted by molar-refractivity contribution is 8.00. The molecule has 11 nitrogen and oxygen atoms in total.